The molecule has 0 amide bonds. The third-order valence-corrected chi connectivity index (χ3v) is 8.75. The lowest BCUT2D eigenvalue weighted by molar-refractivity contribution is 0.0413. The molecule has 0 aromatic heterocycles. The van der Waals surface area contributed by atoms with Crippen molar-refractivity contribution in [2.45, 2.75) is 84.0 Å². The molecule has 112 valence electrons. The van der Waals surface area contributed by atoms with E-state index in [0.29, 0.717) is 6.10 Å². The zero-order chi connectivity index (χ0) is 14.5. The Kier molecular flexibility index (Phi) is 6.12. The number of unbranched alkanes of at least 4 members (excludes halogenated alkanes) is 1. The summed E-state index contributed by atoms with van der Waals surface area (Å²) in [5.41, 5.74) is 0. The van der Waals surface area contributed by atoms with Crippen LogP contribution in [0.3, 0.4) is 0 Å². The Hall–Kier alpha value is -0.283. The van der Waals surface area contributed by atoms with Crippen LogP contribution in [0.15, 0.2) is 11.8 Å². The van der Waals surface area contributed by atoms with Gasteiger partial charge in [0.2, 0.25) is 8.32 Å². The highest BCUT2D eigenvalue weighted by Crippen LogP contribution is 2.39. The van der Waals surface area contributed by atoms with E-state index in [-0.39, 0.29) is 5.04 Å². The zero-order valence-electron chi connectivity index (χ0n) is 13.7. The molecular weight excluding hydrogens is 252 g/mol. The summed E-state index contributed by atoms with van der Waals surface area (Å²) in [5, 5.41) is 0.280. The summed E-state index contributed by atoms with van der Waals surface area (Å²) in [4.78, 5) is 0. The van der Waals surface area contributed by atoms with Crippen molar-refractivity contribution < 1.29 is 9.16 Å². The average Bonchev–Trinajstić information content (AvgIpc) is 2.30. The van der Waals surface area contributed by atoms with Crippen LogP contribution in [0.25, 0.3) is 0 Å². The van der Waals surface area contributed by atoms with Gasteiger partial charge in [0, 0.05) is 13.0 Å². The Morgan fingerprint density at radius 1 is 1.32 bits per heavy atom. The van der Waals surface area contributed by atoms with Gasteiger partial charge in [-0.3, -0.25) is 0 Å². The van der Waals surface area contributed by atoms with Crippen molar-refractivity contribution >= 4 is 8.32 Å². The summed E-state index contributed by atoms with van der Waals surface area (Å²) in [6.45, 7) is 14.6. The van der Waals surface area contributed by atoms with Crippen molar-refractivity contribution in [3.05, 3.63) is 11.8 Å². The number of hydrogen-bond donors (Lipinski definition) is 0. The first-order valence-corrected chi connectivity index (χ1v) is 10.7. The summed E-state index contributed by atoms with van der Waals surface area (Å²) in [6.07, 6.45) is 8.25. The first kappa shape index (κ1) is 16.8. The second-order valence-corrected chi connectivity index (χ2v) is 11.9. The summed E-state index contributed by atoms with van der Waals surface area (Å²) in [6, 6.07) is 0. The van der Waals surface area contributed by atoms with Crippen molar-refractivity contribution in [1.82, 2.24) is 0 Å². The van der Waals surface area contributed by atoms with Crippen molar-refractivity contribution in [3.8, 4) is 0 Å². The van der Waals surface area contributed by atoms with Gasteiger partial charge in [-0.25, -0.2) is 0 Å². The van der Waals surface area contributed by atoms with Gasteiger partial charge in [-0.2, -0.15) is 0 Å². The molecule has 0 aromatic rings. The Morgan fingerprint density at radius 3 is 2.47 bits per heavy atom. The van der Waals surface area contributed by atoms with E-state index >= 15 is 0 Å². The summed E-state index contributed by atoms with van der Waals surface area (Å²) in [5.74, 6) is 1.21. The molecule has 0 fully saturated rings. The highest BCUT2D eigenvalue weighted by Gasteiger charge is 2.39. The zero-order valence-corrected chi connectivity index (χ0v) is 14.7. The molecule has 1 aliphatic carbocycles. The first-order chi connectivity index (χ1) is 8.76. The van der Waals surface area contributed by atoms with Crippen LogP contribution in [0.4, 0.5) is 0 Å². The van der Waals surface area contributed by atoms with Gasteiger partial charge in [-0.1, -0.05) is 34.1 Å². The van der Waals surface area contributed by atoms with E-state index in [1.54, 1.807) is 0 Å². The SMILES string of the molecule is CCCCOC1CC=C(O[Si](C)(C)C(C)(C)C)CC1. The van der Waals surface area contributed by atoms with Gasteiger partial charge in [0.15, 0.2) is 0 Å². The average molecular weight is 285 g/mol. The highest BCUT2D eigenvalue weighted by molar-refractivity contribution is 6.74. The molecule has 0 saturated carbocycles. The third kappa shape index (κ3) is 5.31. The minimum atomic E-state index is -1.65. The highest BCUT2D eigenvalue weighted by atomic mass is 28.4. The van der Waals surface area contributed by atoms with E-state index in [2.05, 4.69) is 46.9 Å². The van der Waals surface area contributed by atoms with Crippen molar-refractivity contribution in [2.24, 2.45) is 0 Å². The van der Waals surface area contributed by atoms with Gasteiger partial charge in [-0.15, -0.1) is 0 Å². The van der Waals surface area contributed by atoms with E-state index in [1.807, 2.05) is 0 Å². The van der Waals surface area contributed by atoms with Crippen LogP contribution in [-0.4, -0.2) is 21.0 Å². The van der Waals surface area contributed by atoms with E-state index in [1.165, 1.54) is 18.6 Å². The van der Waals surface area contributed by atoms with Crippen LogP contribution >= 0.6 is 0 Å². The van der Waals surface area contributed by atoms with Crippen molar-refractivity contribution in [1.29, 1.82) is 0 Å². The summed E-state index contributed by atoms with van der Waals surface area (Å²) >= 11 is 0. The number of hydrogen-bond acceptors (Lipinski definition) is 2. The van der Waals surface area contributed by atoms with Gasteiger partial charge in [0.25, 0.3) is 0 Å². The third-order valence-electron chi connectivity index (χ3n) is 4.37. The molecule has 1 aliphatic rings. The maximum absolute atomic E-state index is 6.36. The minimum Gasteiger partial charge on any atom is -0.547 e. The Balaban J connectivity index is 2.43. The minimum absolute atomic E-state index is 0.280. The molecule has 0 radical (unpaired) electrons. The van der Waals surface area contributed by atoms with E-state index in [9.17, 15) is 0 Å². The molecule has 1 atom stereocenters. The normalized spacial score (nSPS) is 21.2. The topological polar surface area (TPSA) is 18.5 Å². The fourth-order valence-electron chi connectivity index (χ4n) is 1.91. The number of ether oxygens (including phenoxy) is 1. The fourth-order valence-corrected chi connectivity index (χ4v) is 3.05. The Labute approximate surface area is 120 Å². The van der Waals surface area contributed by atoms with Gasteiger partial charge >= 0.3 is 0 Å². The van der Waals surface area contributed by atoms with Crippen molar-refractivity contribution in [3.63, 3.8) is 0 Å². The molecule has 0 heterocycles. The van der Waals surface area contributed by atoms with Gasteiger partial charge in [-0.05, 0) is 43.5 Å². The molecule has 0 spiro atoms. The lowest BCUT2D eigenvalue weighted by atomic mass is 10.0. The molecule has 1 rings (SSSR count). The van der Waals surface area contributed by atoms with Gasteiger partial charge < -0.3 is 9.16 Å². The first-order valence-electron chi connectivity index (χ1n) is 7.76. The maximum atomic E-state index is 6.36. The van der Waals surface area contributed by atoms with Crippen molar-refractivity contribution in [2.75, 3.05) is 6.61 Å². The van der Waals surface area contributed by atoms with Crippen LogP contribution in [0, 0.1) is 0 Å². The second-order valence-electron chi connectivity index (χ2n) is 7.15. The lowest BCUT2D eigenvalue weighted by Crippen LogP contribution is -2.40. The van der Waals surface area contributed by atoms with E-state index in [4.69, 9.17) is 9.16 Å². The molecular formula is C16H32O2Si. The molecule has 0 N–H and O–H groups in total. The van der Waals surface area contributed by atoms with Gasteiger partial charge in [0.1, 0.15) is 0 Å². The molecule has 3 heteroatoms. The standard InChI is InChI=1S/C16H32O2Si/c1-7-8-13-17-14-9-11-15(12-10-14)18-19(5,6)16(2,3)4/h11,14H,7-10,12-13H2,1-6H3. The molecule has 19 heavy (non-hydrogen) atoms. The maximum Gasteiger partial charge on any atom is 0.250 e. The van der Waals surface area contributed by atoms with Gasteiger partial charge in [0.05, 0.1) is 11.9 Å². The van der Waals surface area contributed by atoms with Crippen LogP contribution in [0.5, 0.6) is 0 Å². The smallest absolute Gasteiger partial charge is 0.250 e. The molecule has 0 aliphatic heterocycles. The van der Waals surface area contributed by atoms with E-state index < -0.39 is 8.32 Å². The lowest BCUT2D eigenvalue weighted by Gasteiger charge is -2.38. The van der Waals surface area contributed by atoms with Crippen LogP contribution in [-0.2, 0) is 9.16 Å². The Bertz CT molecular complexity index is 302. The van der Waals surface area contributed by atoms with Crippen LogP contribution in [0.1, 0.15) is 59.8 Å². The molecule has 0 aromatic carbocycles. The molecule has 2 nitrogen and oxygen atoms in total. The van der Waals surface area contributed by atoms with Crippen LogP contribution < -0.4 is 0 Å². The predicted molar refractivity (Wildman–Crippen MR) is 84.9 cm³/mol. The number of rotatable bonds is 6. The molecule has 1 unspecified atom stereocenters. The summed E-state index contributed by atoms with van der Waals surface area (Å²) < 4.78 is 12.2. The Morgan fingerprint density at radius 2 is 2.00 bits per heavy atom. The fraction of sp³-hybridized carbons (Fsp3) is 0.875. The monoisotopic (exact) mass is 284 g/mol. The van der Waals surface area contributed by atoms with Crippen LogP contribution in [0.2, 0.25) is 18.1 Å². The number of allylic oxidation sites excluding steroid dienone is 1. The second kappa shape index (κ2) is 6.94. The predicted octanol–water partition coefficient (Wildman–Crippen LogP) is 5.26. The molecule has 0 saturated heterocycles. The quantitative estimate of drug-likeness (QED) is 0.489. The largest absolute Gasteiger partial charge is 0.547 e. The summed E-state index contributed by atoms with van der Waals surface area (Å²) in [7, 11) is -1.65. The van der Waals surface area contributed by atoms with E-state index in [0.717, 1.165) is 25.9 Å². The molecule has 0 bridgehead atoms.